The highest BCUT2D eigenvalue weighted by Gasteiger charge is 2.24. The van der Waals surface area contributed by atoms with Crippen LogP contribution < -0.4 is 0 Å². The van der Waals surface area contributed by atoms with Crippen molar-refractivity contribution in [2.75, 3.05) is 0 Å². The van der Waals surface area contributed by atoms with Crippen LogP contribution in [0.3, 0.4) is 0 Å². The van der Waals surface area contributed by atoms with E-state index in [4.69, 9.17) is 0 Å². The normalized spacial score (nSPS) is 11.1. The summed E-state index contributed by atoms with van der Waals surface area (Å²) in [5.74, 6) is 0.484. The highest BCUT2D eigenvalue weighted by molar-refractivity contribution is 4.76. The molecule has 0 spiro atoms. The van der Waals surface area contributed by atoms with Crippen LogP contribution in [0.15, 0.2) is 0 Å². The Balaban J connectivity index is 0. The lowest BCUT2D eigenvalue weighted by molar-refractivity contribution is 0.00874. The summed E-state index contributed by atoms with van der Waals surface area (Å²) >= 11 is 0. The summed E-state index contributed by atoms with van der Waals surface area (Å²) in [6.07, 6.45) is 4.65. The molecule has 0 aliphatic heterocycles. The van der Waals surface area contributed by atoms with Crippen LogP contribution in [0.2, 0.25) is 0 Å². The maximum Gasteiger partial charge on any atom is 0.0619 e. The molecule has 0 aliphatic carbocycles. The molecule has 0 fully saturated rings. The van der Waals surface area contributed by atoms with Crippen molar-refractivity contribution in [1.29, 1.82) is 0 Å². The first-order valence-corrected chi connectivity index (χ1v) is 5.74. The zero-order valence-electron chi connectivity index (χ0n) is 10.4. The smallest absolute Gasteiger partial charge is 0.0619 e. The molecule has 0 aromatic carbocycles. The van der Waals surface area contributed by atoms with Crippen LogP contribution in [0.4, 0.5) is 0 Å². The summed E-state index contributed by atoms with van der Waals surface area (Å²) in [5, 5.41) is 9.74. The monoisotopic (exact) mass is 188 g/mol. The number of rotatable bonds is 5. The van der Waals surface area contributed by atoms with E-state index in [0.717, 1.165) is 12.8 Å². The Labute approximate surface area is 84.6 Å². The summed E-state index contributed by atoms with van der Waals surface area (Å²) in [6, 6.07) is 0. The van der Waals surface area contributed by atoms with E-state index >= 15 is 0 Å². The van der Waals surface area contributed by atoms with Gasteiger partial charge in [-0.3, -0.25) is 0 Å². The Kier molecular flexibility index (Phi) is 10.2. The van der Waals surface area contributed by atoms with Gasteiger partial charge in [-0.1, -0.05) is 40.5 Å². The molecule has 0 heterocycles. The van der Waals surface area contributed by atoms with Gasteiger partial charge in [0.05, 0.1) is 5.60 Å². The first kappa shape index (κ1) is 15.4. The third-order valence-corrected chi connectivity index (χ3v) is 2.27. The molecule has 13 heavy (non-hydrogen) atoms. The summed E-state index contributed by atoms with van der Waals surface area (Å²) < 4.78 is 0. The Hall–Kier alpha value is -0.0400. The molecule has 0 saturated carbocycles. The molecule has 1 heteroatoms. The van der Waals surface area contributed by atoms with Gasteiger partial charge in [-0.15, -0.1) is 0 Å². The van der Waals surface area contributed by atoms with Crippen molar-refractivity contribution in [3.8, 4) is 0 Å². The molecule has 0 radical (unpaired) electrons. The van der Waals surface area contributed by atoms with Gasteiger partial charge in [0.2, 0.25) is 0 Å². The molecule has 1 nitrogen and oxygen atoms in total. The number of hydrogen-bond donors (Lipinski definition) is 1. The van der Waals surface area contributed by atoms with E-state index in [9.17, 15) is 5.11 Å². The van der Waals surface area contributed by atoms with Gasteiger partial charge in [0.15, 0.2) is 0 Å². The van der Waals surface area contributed by atoms with E-state index in [2.05, 4.69) is 13.8 Å². The fourth-order valence-corrected chi connectivity index (χ4v) is 1.55. The summed E-state index contributed by atoms with van der Waals surface area (Å²) in [7, 11) is 0. The SMILES string of the molecule is CC.CCCC(CCC)C(C)(C)O. The summed E-state index contributed by atoms with van der Waals surface area (Å²) in [5.41, 5.74) is -0.480. The maximum atomic E-state index is 9.74. The number of hydrogen-bond acceptors (Lipinski definition) is 1. The molecule has 0 aliphatic rings. The zero-order chi connectivity index (χ0) is 10.9. The van der Waals surface area contributed by atoms with Crippen LogP contribution in [-0.4, -0.2) is 10.7 Å². The second-order valence-corrected chi connectivity index (χ2v) is 3.93. The summed E-state index contributed by atoms with van der Waals surface area (Å²) in [6.45, 7) is 12.2. The minimum Gasteiger partial charge on any atom is -0.390 e. The predicted molar refractivity (Wildman–Crippen MR) is 61.0 cm³/mol. The lowest BCUT2D eigenvalue weighted by Crippen LogP contribution is -2.30. The Bertz CT molecular complexity index is 85.8. The Morgan fingerprint density at radius 2 is 1.31 bits per heavy atom. The molecular weight excluding hydrogens is 160 g/mol. The van der Waals surface area contributed by atoms with Gasteiger partial charge in [0.1, 0.15) is 0 Å². The first-order valence-electron chi connectivity index (χ1n) is 5.74. The fraction of sp³-hybridized carbons (Fsp3) is 1.00. The van der Waals surface area contributed by atoms with Gasteiger partial charge in [-0.05, 0) is 32.6 Å². The van der Waals surface area contributed by atoms with Crippen molar-refractivity contribution in [2.24, 2.45) is 5.92 Å². The molecule has 0 rings (SSSR count). The molecule has 0 bridgehead atoms. The lowest BCUT2D eigenvalue weighted by atomic mass is 9.84. The minimum atomic E-state index is -0.480. The third kappa shape index (κ3) is 8.29. The second-order valence-electron chi connectivity index (χ2n) is 3.93. The third-order valence-electron chi connectivity index (χ3n) is 2.27. The van der Waals surface area contributed by atoms with Gasteiger partial charge in [0, 0.05) is 0 Å². The van der Waals surface area contributed by atoms with Gasteiger partial charge in [0.25, 0.3) is 0 Å². The molecule has 0 unspecified atom stereocenters. The zero-order valence-corrected chi connectivity index (χ0v) is 10.4. The molecule has 0 amide bonds. The molecule has 1 N–H and O–H groups in total. The fourth-order valence-electron chi connectivity index (χ4n) is 1.55. The van der Waals surface area contributed by atoms with Crippen LogP contribution in [-0.2, 0) is 0 Å². The molecular formula is C12H28O. The van der Waals surface area contributed by atoms with Gasteiger partial charge in [-0.2, -0.15) is 0 Å². The van der Waals surface area contributed by atoms with Crippen molar-refractivity contribution in [3.05, 3.63) is 0 Å². The molecule has 0 saturated heterocycles. The highest BCUT2D eigenvalue weighted by atomic mass is 16.3. The Morgan fingerprint density at radius 1 is 1.00 bits per heavy atom. The Morgan fingerprint density at radius 3 is 1.46 bits per heavy atom. The van der Waals surface area contributed by atoms with Crippen LogP contribution in [0.25, 0.3) is 0 Å². The van der Waals surface area contributed by atoms with Gasteiger partial charge < -0.3 is 5.11 Å². The molecule has 82 valence electrons. The number of aliphatic hydroxyl groups is 1. The first-order chi connectivity index (χ1) is 6.02. The van der Waals surface area contributed by atoms with Crippen LogP contribution in [0.5, 0.6) is 0 Å². The van der Waals surface area contributed by atoms with E-state index < -0.39 is 5.60 Å². The van der Waals surface area contributed by atoms with E-state index in [1.54, 1.807) is 0 Å². The van der Waals surface area contributed by atoms with E-state index in [0.29, 0.717) is 5.92 Å². The largest absolute Gasteiger partial charge is 0.390 e. The predicted octanol–water partition coefficient (Wildman–Crippen LogP) is 4.00. The highest BCUT2D eigenvalue weighted by Crippen LogP contribution is 2.25. The summed E-state index contributed by atoms with van der Waals surface area (Å²) in [4.78, 5) is 0. The quantitative estimate of drug-likeness (QED) is 0.691. The average Bonchev–Trinajstić information content (AvgIpc) is 2.06. The van der Waals surface area contributed by atoms with Gasteiger partial charge >= 0.3 is 0 Å². The molecule has 0 aromatic rings. The van der Waals surface area contributed by atoms with Crippen LogP contribution >= 0.6 is 0 Å². The van der Waals surface area contributed by atoms with Gasteiger partial charge in [-0.25, -0.2) is 0 Å². The van der Waals surface area contributed by atoms with Crippen molar-refractivity contribution >= 4 is 0 Å². The van der Waals surface area contributed by atoms with E-state index in [1.165, 1.54) is 12.8 Å². The van der Waals surface area contributed by atoms with Crippen molar-refractivity contribution < 1.29 is 5.11 Å². The second kappa shape index (κ2) is 8.55. The lowest BCUT2D eigenvalue weighted by Gasteiger charge is -2.28. The topological polar surface area (TPSA) is 20.2 Å². The molecule has 0 atom stereocenters. The van der Waals surface area contributed by atoms with Crippen molar-refractivity contribution in [3.63, 3.8) is 0 Å². The van der Waals surface area contributed by atoms with Crippen molar-refractivity contribution in [2.45, 2.75) is 72.8 Å². The van der Waals surface area contributed by atoms with E-state index in [-0.39, 0.29) is 0 Å². The minimum absolute atomic E-state index is 0.480. The van der Waals surface area contributed by atoms with Crippen molar-refractivity contribution in [1.82, 2.24) is 0 Å². The maximum absolute atomic E-state index is 9.74. The van der Waals surface area contributed by atoms with Crippen LogP contribution in [0, 0.1) is 5.92 Å². The van der Waals surface area contributed by atoms with Crippen LogP contribution in [0.1, 0.15) is 67.2 Å². The van der Waals surface area contributed by atoms with E-state index in [1.807, 2.05) is 27.7 Å². The molecule has 0 aromatic heterocycles. The average molecular weight is 188 g/mol. The standard InChI is InChI=1S/C10H22O.C2H6/c1-5-7-9(8-6-2)10(3,4)11;1-2/h9,11H,5-8H2,1-4H3;1-2H3.